The van der Waals surface area contributed by atoms with E-state index in [1.54, 1.807) is 19.2 Å². The summed E-state index contributed by atoms with van der Waals surface area (Å²) in [7, 11) is 1.80. The van der Waals surface area contributed by atoms with E-state index in [2.05, 4.69) is 10.3 Å². The van der Waals surface area contributed by atoms with Crippen molar-refractivity contribution in [1.82, 2.24) is 10.3 Å². The predicted molar refractivity (Wildman–Crippen MR) is 61.8 cm³/mol. The Bertz CT molecular complexity index is 548. The average molecular weight is 239 g/mol. The zero-order valence-electron chi connectivity index (χ0n) is 9.00. The van der Waals surface area contributed by atoms with Crippen molar-refractivity contribution in [3.8, 4) is 0 Å². The van der Waals surface area contributed by atoms with Crippen molar-refractivity contribution >= 4 is 28.5 Å². The Morgan fingerprint density at radius 2 is 2.31 bits per heavy atom. The number of nitrogens with one attached hydrogen (secondary N) is 1. The van der Waals surface area contributed by atoms with E-state index in [0.29, 0.717) is 34.1 Å². The number of halogens is 1. The van der Waals surface area contributed by atoms with Gasteiger partial charge in [-0.15, -0.1) is 0 Å². The van der Waals surface area contributed by atoms with E-state index in [4.69, 9.17) is 16.0 Å². The van der Waals surface area contributed by atoms with Crippen LogP contribution < -0.4 is 5.32 Å². The van der Waals surface area contributed by atoms with Crippen molar-refractivity contribution in [2.24, 2.45) is 0 Å². The molecule has 2 rings (SSSR count). The number of rotatable bonds is 3. The molecule has 0 bridgehead atoms. The van der Waals surface area contributed by atoms with Gasteiger partial charge in [-0.2, -0.15) is 0 Å². The van der Waals surface area contributed by atoms with Crippen LogP contribution in [-0.4, -0.2) is 17.8 Å². The Hall–Kier alpha value is -1.39. The lowest BCUT2D eigenvalue weighted by atomic mass is 10.1. The summed E-state index contributed by atoms with van der Waals surface area (Å²) in [4.78, 5) is 15.5. The molecule has 4 nitrogen and oxygen atoms in total. The molecule has 0 aliphatic heterocycles. The molecular weight excluding hydrogens is 228 g/mol. The molecule has 0 atom stereocenters. The molecule has 2 aromatic rings. The van der Waals surface area contributed by atoms with E-state index in [-0.39, 0.29) is 5.78 Å². The van der Waals surface area contributed by atoms with Gasteiger partial charge in [-0.1, -0.05) is 11.6 Å². The number of oxazole rings is 1. The van der Waals surface area contributed by atoms with Gasteiger partial charge in [-0.25, -0.2) is 4.98 Å². The third-order valence-electron chi connectivity index (χ3n) is 2.22. The predicted octanol–water partition coefficient (Wildman–Crippen LogP) is 2.40. The summed E-state index contributed by atoms with van der Waals surface area (Å²) >= 11 is 6.01. The van der Waals surface area contributed by atoms with Crippen molar-refractivity contribution in [3.05, 3.63) is 28.6 Å². The smallest absolute Gasteiger partial charge is 0.209 e. The van der Waals surface area contributed by atoms with Gasteiger partial charge < -0.3 is 9.73 Å². The van der Waals surface area contributed by atoms with Gasteiger partial charge in [0.2, 0.25) is 5.89 Å². The van der Waals surface area contributed by atoms with Gasteiger partial charge in [0.15, 0.2) is 11.4 Å². The molecule has 0 unspecified atom stereocenters. The van der Waals surface area contributed by atoms with Crippen LogP contribution in [0.3, 0.4) is 0 Å². The summed E-state index contributed by atoms with van der Waals surface area (Å²) < 4.78 is 5.46. The summed E-state index contributed by atoms with van der Waals surface area (Å²) in [6.07, 6.45) is 0. The standard InChI is InChI=1S/C11H11ClN2O2/c1-6(15)7-3-8(12)11-9(4-7)14-10(16-11)5-13-2/h3-4,13H,5H2,1-2H3. The summed E-state index contributed by atoms with van der Waals surface area (Å²) in [6.45, 7) is 2.02. The second kappa shape index (κ2) is 4.23. The highest BCUT2D eigenvalue weighted by molar-refractivity contribution is 6.35. The summed E-state index contributed by atoms with van der Waals surface area (Å²) in [5.74, 6) is 0.516. The van der Waals surface area contributed by atoms with Gasteiger partial charge in [-0.05, 0) is 26.1 Å². The molecule has 0 amide bonds. The molecule has 16 heavy (non-hydrogen) atoms. The topological polar surface area (TPSA) is 55.1 Å². The molecule has 5 heteroatoms. The van der Waals surface area contributed by atoms with E-state index >= 15 is 0 Å². The molecule has 84 valence electrons. The number of hydrogen-bond acceptors (Lipinski definition) is 4. The quantitative estimate of drug-likeness (QED) is 0.835. The molecule has 0 aliphatic carbocycles. The maximum atomic E-state index is 11.2. The minimum absolute atomic E-state index is 0.0398. The van der Waals surface area contributed by atoms with Crippen molar-refractivity contribution in [2.45, 2.75) is 13.5 Å². The molecule has 0 saturated heterocycles. The number of aromatic nitrogens is 1. The second-order valence-corrected chi connectivity index (χ2v) is 3.91. The number of Topliss-reactive ketones (excluding diaryl/α,β-unsaturated/α-hetero) is 1. The van der Waals surface area contributed by atoms with Crippen LogP contribution >= 0.6 is 11.6 Å². The van der Waals surface area contributed by atoms with E-state index in [1.165, 1.54) is 6.92 Å². The minimum atomic E-state index is -0.0398. The maximum absolute atomic E-state index is 11.2. The largest absolute Gasteiger partial charge is 0.438 e. The van der Waals surface area contributed by atoms with E-state index in [9.17, 15) is 4.79 Å². The van der Waals surface area contributed by atoms with Crippen LogP contribution in [0.4, 0.5) is 0 Å². The van der Waals surface area contributed by atoms with Crippen molar-refractivity contribution in [2.75, 3.05) is 7.05 Å². The number of nitrogens with zero attached hydrogens (tertiary/aromatic N) is 1. The van der Waals surface area contributed by atoms with Gasteiger partial charge in [-0.3, -0.25) is 4.79 Å². The Balaban J connectivity index is 2.58. The van der Waals surface area contributed by atoms with Crippen LogP contribution in [0.2, 0.25) is 5.02 Å². The summed E-state index contributed by atoms with van der Waals surface area (Å²) in [6, 6.07) is 3.28. The minimum Gasteiger partial charge on any atom is -0.438 e. The zero-order chi connectivity index (χ0) is 11.7. The monoisotopic (exact) mass is 238 g/mol. The molecule has 0 radical (unpaired) electrons. The normalized spacial score (nSPS) is 10.9. The molecular formula is C11H11ClN2O2. The molecule has 1 N–H and O–H groups in total. The fraction of sp³-hybridized carbons (Fsp3) is 0.273. The highest BCUT2D eigenvalue weighted by Gasteiger charge is 2.12. The van der Waals surface area contributed by atoms with Crippen molar-refractivity contribution in [3.63, 3.8) is 0 Å². The van der Waals surface area contributed by atoms with Gasteiger partial charge in [0.1, 0.15) is 5.52 Å². The third kappa shape index (κ3) is 1.94. The number of hydrogen-bond donors (Lipinski definition) is 1. The molecule has 1 aromatic heterocycles. The molecule has 0 aliphatic rings. The van der Waals surface area contributed by atoms with Gasteiger partial charge in [0.25, 0.3) is 0 Å². The van der Waals surface area contributed by atoms with Gasteiger partial charge in [0, 0.05) is 5.56 Å². The zero-order valence-corrected chi connectivity index (χ0v) is 9.76. The van der Waals surface area contributed by atoms with Crippen molar-refractivity contribution < 1.29 is 9.21 Å². The highest BCUT2D eigenvalue weighted by Crippen LogP contribution is 2.26. The van der Waals surface area contributed by atoms with Crippen LogP contribution in [0.1, 0.15) is 23.2 Å². The van der Waals surface area contributed by atoms with Crippen LogP contribution in [0.25, 0.3) is 11.1 Å². The van der Waals surface area contributed by atoms with Gasteiger partial charge in [0.05, 0.1) is 11.6 Å². The first kappa shape index (κ1) is 11.1. The van der Waals surface area contributed by atoms with E-state index in [1.807, 2.05) is 0 Å². The Morgan fingerprint density at radius 1 is 1.56 bits per heavy atom. The third-order valence-corrected chi connectivity index (χ3v) is 2.50. The highest BCUT2D eigenvalue weighted by atomic mass is 35.5. The summed E-state index contributed by atoms with van der Waals surface area (Å²) in [5.41, 5.74) is 1.68. The van der Waals surface area contributed by atoms with Crippen molar-refractivity contribution in [1.29, 1.82) is 0 Å². The van der Waals surface area contributed by atoms with E-state index < -0.39 is 0 Å². The fourth-order valence-electron chi connectivity index (χ4n) is 1.47. The fourth-order valence-corrected chi connectivity index (χ4v) is 1.72. The van der Waals surface area contributed by atoms with E-state index in [0.717, 1.165) is 0 Å². The molecule has 1 heterocycles. The first-order chi connectivity index (χ1) is 7.61. The Kier molecular flexibility index (Phi) is 2.94. The Morgan fingerprint density at radius 3 is 2.94 bits per heavy atom. The number of fused-ring (bicyclic) bond motifs is 1. The van der Waals surface area contributed by atoms with Crippen LogP contribution in [-0.2, 0) is 6.54 Å². The lowest BCUT2D eigenvalue weighted by Gasteiger charge is -1.96. The molecule has 0 saturated carbocycles. The van der Waals surface area contributed by atoms with Gasteiger partial charge >= 0.3 is 0 Å². The lowest BCUT2D eigenvalue weighted by Crippen LogP contribution is -2.04. The maximum Gasteiger partial charge on any atom is 0.209 e. The number of carbonyl (C=O) groups excluding carboxylic acids is 1. The lowest BCUT2D eigenvalue weighted by molar-refractivity contribution is 0.101. The SMILES string of the molecule is CNCc1nc2cc(C(C)=O)cc(Cl)c2o1. The van der Waals surface area contributed by atoms with Crippen LogP contribution in [0.5, 0.6) is 0 Å². The Labute approximate surface area is 97.6 Å². The first-order valence-electron chi connectivity index (χ1n) is 4.86. The summed E-state index contributed by atoms with van der Waals surface area (Å²) in [5, 5.41) is 3.35. The molecule has 0 spiro atoms. The molecule has 1 aromatic carbocycles. The second-order valence-electron chi connectivity index (χ2n) is 3.50. The van der Waals surface area contributed by atoms with Crippen LogP contribution in [0, 0.1) is 0 Å². The van der Waals surface area contributed by atoms with Crippen LogP contribution in [0.15, 0.2) is 16.5 Å². The number of ketones is 1. The first-order valence-corrected chi connectivity index (χ1v) is 5.24. The molecule has 0 fully saturated rings. The average Bonchev–Trinajstić information content (AvgIpc) is 2.61. The number of benzene rings is 1. The number of carbonyl (C=O) groups is 1.